The molecule has 2 heterocycles. The first kappa shape index (κ1) is 48.3. The van der Waals surface area contributed by atoms with Crippen molar-refractivity contribution in [3.05, 3.63) is 242 Å². The number of hydrogen-bond donors (Lipinski definition) is 1. The summed E-state index contributed by atoms with van der Waals surface area (Å²) in [4.78, 5) is 12.8. The van der Waals surface area contributed by atoms with Crippen molar-refractivity contribution in [1.29, 1.82) is 0 Å². The van der Waals surface area contributed by atoms with Crippen molar-refractivity contribution >= 4 is 49.6 Å². The molecule has 0 aliphatic rings. The van der Waals surface area contributed by atoms with Crippen LogP contribution in [0.5, 0.6) is 23.0 Å². The minimum atomic E-state index is -0.988. The van der Waals surface area contributed by atoms with Crippen LogP contribution >= 0.6 is 0 Å². The lowest BCUT2D eigenvalue weighted by molar-refractivity contribution is 0.0697. The van der Waals surface area contributed by atoms with Gasteiger partial charge in [0.1, 0.15) is 23.0 Å². The van der Waals surface area contributed by atoms with Gasteiger partial charge in [0.15, 0.2) is 0 Å². The molecule has 0 atom stereocenters. The number of rotatable bonds is 13. The molecular formula is C71H52N2O6. The lowest BCUT2D eigenvalue weighted by atomic mass is 9.96. The molecule has 0 saturated heterocycles. The lowest BCUT2D eigenvalue weighted by Crippen LogP contribution is -1.98. The summed E-state index contributed by atoms with van der Waals surface area (Å²) in [7, 11) is 6.72. The molecule has 13 aromatic rings. The zero-order valence-electron chi connectivity index (χ0n) is 43.9. The maximum atomic E-state index is 12.8. The average molecular weight is 1030 g/mol. The number of carboxylic acid groups (broad SMARTS) is 1. The Balaban J connectivity index is 0.864. The Hall–Kier alpha value is -10.3. The van der Waals surface area contributed by atoms with E-state index in [0.717, 1.165) is 145 Å². The number of fused-ring (bicyclic) bond motifs is 6. The summed E-state index contributed by atoms with van der Waals surface area (Å²) in [6.45, 7) is 0. The monoisotopic (exact) mass is 1030 g/mol. The summed E-state index contributed by atoms with van der Waals surface area (Å²) in [5, 5.41) is 15.0. The van der Waals surface area contributed by atoms with Gasteiger partial charge in [-0.05, 0) is 206 Å². The zero-order valence-corrected chi connectivity index (χ0v) is 43.9. The van der Waals surface area contributed by atoms with E-state index in [0.29, 0.717) is 0 Å². The van der Waals surface area contributed by atoms with Gasteiger partial charge in [-0.25, -0.2) is 4.79 Å². The summed E-state index contributed by atoms with van der Waals surface area (Å²) < 4.78 is 26.5. The van der Waals surface area contributed by atoms with Crippen LogP contribution in [0.4, 0.5) is 0 Å². The summed E-state index contributed by atoms with van der Waals surface area (Å²) in [6, 6.07) is 81.7. The van der Waals surface area contributed by atoms with Crippen molar-refractivity contribution in [3.63, 3.8) is 0 Å². The van der Waals surface area contributed by atoms with Gasteiger partial charge in [0, 0.05) is 32.9 Å². The van der Waals surface area contributed by atoms with E-state index in [4.69, 9.17) is 18.9 Å². The number of benzene rings is 11. The van der Waals surface area contributed by atoms with E-state index < -0.39 is 5.97 Å². The molecule has 2 aromatic heterocycles. The van der Waals surface area contributed by atoms with E-state index in [1.165, 1.54) is 0 Å². The number of carboxylic acids is 1. The van der Waals surface area contributed by atoms with E-state index in [9.17, 15) is 9.90 Å². The first-order valence-electron chi connectivity index (χ1n) is 26.1. The predicted octanol–water partition coefficient (Wildman–Crippen LogP) is 17.6. The van der Waals surface area contributed by atoms with Gasteiger partial charge in [0.25, 0.3) is 0 Å². The molecule has 8 nitrogen and oxygen atoms in total. The van der Waals surface area contributed by atoms with Crippen LogP contribution in [-0.2, 0) is 0 Å². The summed E-state index contributed by atoms with van der Waals surface area (Å²) in [6.07, 6.45) is 0. The smallest absolute Gasteiger partial charge is 0.335 e. The Morgan fingerprint density at radius 3 is 0.747 bits per heavy atom. The molecule has 0 bridgehead atoms. The van der Waals surface area contributed by atoms with Gasteiger partial charge in [0.05, 0.1) is 56.1 Å². The fourth-order valence-corrected chi connectivity index (χ4v) is 11.1. The molecule has 8 heteroatoms. The minimum Gasteiger partial charge on any atom is -0.497 e. The molecule has 0 aliphatic carbocycles. The summed E-state index contributed by atoms with van der Waals surface area (Å²) >= 11 is 0. The van der Waals surface area contributed by atoms with Crippen LogP contribution in [0.25, 0.3) is 122 Å². The van der Waals surface area contributed by atoms with Crippen LogP contribution in [0, 0.1) is 0 Å². The fraction of sp³-hybridized carbons (Fsp3) is 0.0563. The summed E-state index contributed by atoms with van der Waals surface area (Å²) in [5.74, 6) is 2.26. The topological polar surface area (TPSA) is 84.1 Å². The first-order chi connectivity index (χ1) is 38.7. The molecule has 79 heavy (non-hydrogen) atoms. The van der Waals surface area contributed by atoms with Crippen LogP contribution in [-0.4, -0.2) is 48.6 Å². The Morgan fingerprint density at radius 1 is 0.278 bits per heavy atom. The second-order valence-corrected chi connectivity index (χ2v) is 19.7. The van der Waals surface area contributed by atoms with Gasteiger partial charge in [-0.3, -0.25) is 0 Å². The van der Waals surface area contributed by atoms with Crippen molar-refractivity contribution in [2.75, 3.05) is 28.4 Å². The molecule has 382 valence electrons. The van der Waals surface area contributed by atoms with Crippen LogP contribution in [0.2, 0.25) is 0 Å². The minimum absolute atomic E-state index is 0.214. The number of ether oxygens (including phenoxy) is 4. The van der Waals surface area contributed by atoms with Gasteiger partial charge in [-0.1, -0.05) is 97.1 Å². The fourth-order valence-electron chi connectivity index (χ4n) is 11.1. The third-order valence-corrected chi connectivity index (χ3v) is 15.3. The molecule has 13 rings (SSSR count). The standard InChI is InChI=1S/C71H52N2O6/c1-76-59-25-9-44(10-26-59)50-17-33-67-63(40-50)64-41-51(45-11-27-60(77-2)28-12-45)18-34-68(64)72(67)57-21-5-48(6-22-57)54-37-55(39-56(38-54)71(74)75)49-7-23-58(24-8-49)73-69-35-19-52(46-13-29-61(78-3)30-14-46)42-65(69)66-43-53(20-36-70(66)73)47-15-31-62(79-4)32-16-47/h5-43H,1-4H3,(H,74,75). The van der Waals surface area contributed by atoms with Gasteiger partial charge < -0.3 is 33.2 Å². The van der Waals surface area contributed by atoms with Crippen molar-refractivity contribution in [2.45, 2.75) is 0 Å². The highest BCUT2D eigenvalue weighted by Gasteiger charge is 2.19. The molecule has 11 aromatic carbocycles. The van der Waals surface area contributed by atoms with Crippen LogP contribution in [0.3, 0.4) is 0 Å². The number of carbonyl (C=O) groups is 1. The molecule has 1 N–H and O–H groups in total. The quantitative estimate of drug-likeness (QED) is 0.124. The number of aromatic carboxylic acids is 1. The predicted molar refractivity (Wildman–Crippen MR) is 321 cm³/mol. The highest BCUT2D eigenvalue weighted by molar-refractivity contribution is 6.13. The van der Waals surface area contributed by atoms with E-state index in [2.05, 4.69) is 185 Å². The van der Waals surface area contributed by atoms with Crippen molar-refractivity contribution < 1.29 is 28.8 Å². The number of nitrogens with zero attached hydrogens (tertiary/aromatic N) is 2. The zero-order chi connectivity index (χ0) is 53.7. The third kappa shape index (κ3) is 8.85. The average Bonchev–Trinajstić information content (AvgIpc) is 4.27. The largest absolute Gasteiger partial charge is 0.497 e. The van der Waals surface area contributed by atoms with Crippen molar-refractivity contribution in [1.82, 2.24) is 9.13 Å². The van der Waals surface area contributed by atoms with Crippen LogP contribution < -0.4 is 18.9 Å². The van der Waals surface area contributed by atoms with Crippen LogP contribution in [0.1, 0.15) is 10.4 Å². The van der Waals surface area contributed by atoms with Gasteiger partial charge in [-0.2, -0.15) is 0 Å². The number of aromatic nitrogens is 2. The highest BCUT2D eigenvalue weighted by Crippen LogP contribution is 2.41. The highest BCUT2D eigenvalue weighted by atomic mass is 16.5. The van der Waals surface area contributed by atoms with Gasteiger partial charge >= 0.3 is 5.97 Å². The van der Waals surface area contributed by atoms with Gasteiger partial charge in [-0.15, -0.1) is 0 Å². The molecule has 0 unspecified atom stereocenters. The summed E-state index contributed by atoms with van der Waals surface area (Å²) in [5.41, 5.74) is 18.7. The Bertz CT molecular complexity index is 3950. The Kier molecular flexibility index (Phi) is 12.2. The van der Waals surface area contributed by atoms with E-state index in [-0.39, 0.29) is 5.56 Å². The maximum absolute atomic E-state index is 12.8. The van der Waals surface area contributed by atoms with E-state index in [1.54, 1.807) is 40.6 Å². The second kappa shape index (κ2) is 20.0. The molecule has 0 amide bonds. The maximum Gasteiger partial charge on any atom is 0.335 e. The van der Waals surface area contributed by atoms with Crippen LogP contribution in [0.15, 0.2) is 237 Å². The SMILES string of the molecule is COc1ccc(-c2ccc3c(c2)c2cc(-c4ccc(OC)cc4)ccc2n3-c2ccc(-c3cc(C(=O)O)cc(-c4ccc(-n5c6ccc(-c7ccc(OC)cc7)cc6c6cc(-c7ccc(OC)cc7)ccc65)cc4)c3)cc2)cc1. The van der Waals surface area contributed by atoms with E-state index >= 15 is 0 Å². The molecule has 0 aliphatic heterocycles. The van der Waals surface area contributed by atoms with Crippen molar-refractivity contribution in [2.24, 2.45) is 0 Å². The number of methoxy groups -OCH3 is 4. The lowest BCUT2D eigenvalue weighted by Gasteiger charge is -2.13. The molecule has 0 spiro atoms. The molecule has 0 saturated carbocycles. The molecule has 0 fully saturated rings. The van der Waals surface area contributed by atoms with E-state index in [1.807, 2.05) is 48.5 Å². The Labute approximate surface area is 457 Å². The molecular weight excluding hydrogens is 977 g/mol. The van der Waals surface area contributed by atoms with Gasteiger partial charge in [0.2, 0.25) is 0 Å². The normalized spacial score (nSPS) is 11.4. The molecule has 0 radical (unpaired) electrons. The first-order valence-corrected chi connectivity index (χ1v) is 26.1. The number of hydrogen-bond acceptors (Lipinski definition) is 5. The second-order valence-electron chi connectivity index (χ2n) is 19.7. The Morgan fingerprint density at radius 2 is 0.506 bits per heavy atom. The van der Waals surface area contributed by atoms with Crippen molar-refractivity contribution in [3.8, 4) is 101 Å². The third-order valence-electron chi connectivity index (χ3n) is 15.3.